The van der Waals surface area contributed by atoms with Gasteiger partial charge in [0.2, 0.25) is 0 Å². The number of nitrogens with zero attached hydrogens (tertiary/aromatic N) is 4. The van der Waals surface area contributed by atoms with Gasteiger partial charge in [-0.25, -0.2) is 9.97 Å². The molecule has 0 bridgehead atoms. The maximum atomic E-state index is 6.23. The van der Waals surface area contributed by atoms with E-state index in [1.54, 1.807) is 0 Å². The van der Waals surface area contributed by atoms with Crippen molar-refractivity contribution in [1.82, 2.24) is 19.8 Å². The summed E-state index contributed by atoms with van der Waals surface area (Å²) < 4.78 is 0. The first-order valence-corrected chi connectivity index (χ1v) is 7.65. The van der Waals surface area contributed by atoms with Crippen LogP contribution >= 0.6 is 0 Å². The maximum absolute atomic E-state index is 6.23. The topological polar surface area (TPSA) is 58.3 Å². The van der Waals surface area contributed by atoms with Gasteiger partial charge in [0.1, 0.15) is 5.82 Å². The smallest absolute Gasteiger partial charge is 0.146 e. The summed E-state index contributed by atoms with van der Waals surface area (Å²) in [4.78, 5) is 14.2. The van der Waals surface area contributed by atoms with Crippen LogP contribution in [0.1, 0.15) is 48.4 Å². The van der Waals surface area contributed by atoms with Gasteiger partial charge in [-0.15, -0.1) is 0 Å². The number of hydrogen-bond acceptors (Lipinski definition) is 5. The number of aryl methyl sites for hydroxylation is 1. The van der Waals surface area contributed by atoms with E-state index in [4.69, 9.17) is 10.7 Å². The molecule has 2 N–H and O–H groups in total. The molecule has 0 radical (unpaired) electrons. The lowest BCUT2D eigenvalue weighted by atomic mass is 10.1. The second-order valence-electron chi connectivity index (χ2n) is 6.24. The normalized spacial score (nSPS) is 28.9. The molecule has 2 atom stereocenters. The fourth-order valence-corrected chi connectivity index (χ4v) is 3.21. The molecule has 5 heteroatoms. The second-order valence-corrected chi connectivity index (χ2v) is 6.24. The van der Waals surface area contributed by atoms with Crippen molar-refractivity contribution in [2.24, 2.45) is 5.73 Å². The van der Waals surface area contributed by atoms with E-state index in [1.165, 1.54) is 18.5 Å². The van der Waals surface area contributed by atoms with E-state index in [1.807, 2.05) is 6.20 Å². The van der Waals surface area contributed by atoms with Crippen LogP contribution in [0.5, 0.6) is 0 Å². The highest BCUT2D eigenvalue weighted by molar-refractivity contribution is 5.23. The lowest BCUT2D eigenvalue weighted by Gasteiger charge is -2.36. The molecule has 1 aliphatic heterocycles. The SMILES string of the molecule is CN1CCN(C)C(c2ncc3c(n2)CCCCC3N)C1. The number of likely N-dealkylation sites (N-methyl/N-ethyl adjacent to an activating group) is 2. The van der Waals surface area contributed by atoms with Crippen molar-refractivity contribution in [3.8, 4) is 0 Å². The zero-order chi connectivity index (χ0) is 14.1. The predicted octanol–water partition coefficient (Wildman–Crippen LogP) is 1.12. The monoisotopic (exact) mass is 275 g/mol. The quantitative estimate of drug-likeness (QED) is 0.778. The van der Waals surface area contributed by atoms with Crippen molar-refractivity contribution < 1.29 is 0 Å². The summed E-state index contributed by atoms with van der Waals surface area (Å²) in [7, 11) is 4.33. The molecule has 1 fully saturated rings. The van der Waals surface area contributed by atoms with Crippen LogP contribution < -0.4 is 5.73 Å². The minimum Gasteiger partial charge on any atom is -0.324 e. The number of hydrogen-bond donors (Lipinski definition) is 1. The first-order chi connectivity index (χ1) is 9.65. The van der Waals surface area contributed by atoms with Gasteiger partial charge in [-0.3, -0.25) is 4.90 Å². The molecule has 0 aromatic carbocycles. The van der Waals surface area contributed by atoms with Crippen LogP contribution in [-0.4, -0.2) is 53.5 Å². The van der Waals surface area contributed by atoms with Crippen LogP contribution in [0.15, 0.2) is 6.20 Å². The Labute approximate surface area is 121 Å². The molecule has 0 amide bonds. The standard InChI is InChI=1S/C15H25N5/c1-19-7-8-20(2)14(10-19)15-17-9-11-12(16)5-3-4-6-13(11)18-15/h9,12,14H,3-8,10,16H2,1-2H3. The zero-order valence-electron chi connectivity index (χ0n) is 12.5. The Morgan fingerprint density at radius 2 is 2.10 bits per heavy atom. The highest BCUT2D eigenvalue weighted by Gasteiger charge is 2.27. The summed E-state index contributed by atoms with van der Waals surface area (Å²) in [5.74, 6) is 0.965. The van der Waals surface area contributed by atoms with Gasteiger partial charge in [-0.1, -0.05) is 6.42 Å². The third kappa shape index (κ3) is 2.71. The number of aromatic nitrogens is 2. The molecule has 1 aromatic rings. The van der Waals surface area contributed by atoms with Gasteiger partial charge >= 0.3 is 0 Å². The number of piperazine rings is 1. The van der Waals surface area contributed by atoms with Gasteiger partial charge in [0.05, 0.1) is 6.04 Å². The van der Waals surface area contributed by atoms with Crippen molar-refractivity contribution in [3.63, 3.8) is 0 Å². The Balaban J connectivity index is 1.89. The summed E-state index contributed by atoms with van der Waals surface area (Å²) in [5.41, 5.74) is 8.57. The molecule has 1 saturated heterocycles. The molecule has 110 valence electrons. The first-order valence-electron chi connectivity index (χ1n) is 7.65. The molecule has 1 aromatic heterocycles. The minimum atomic E-state index is 0.119. The third-order valence-corrected chi connectivity index (χ3v) is 4.65. The molecule has 0 spiro atoms. The summed E-state index contributed by atoms with van der Waals surface area (Å²) in [5, 5.41) is 0. The molecule has 2 heterocycles. The van der Waals surface area contributed by atoms with Gasteiger partial charge in [0.15, 0.2) is 0 Å². The molecular weight excluding hydrogens is 250 g/mol. The van der Waals surface area contributed by atoms with E-state index >= 15 is 0 Å². The van der Waals surface area contributed by atoms with Crippen LogP contribution in [0, 0.1) is 0 Å². The Morgan fingerprint density at radius 1 is 1.25 bits per heavy atom. The van der Waals surface area contributed by atoms with Crippen molar-refractivity contribution in [1.29, 1.82) is 0 Å². The van der Waals surface area contributed by atoms with Crippen LogP contribution in [0.25, 0.3) is 0 Å². The molecule has 1 aliphatic carbocycles. The van der Waals surface area contributed by atoms with Crippen molar-refractivity contribution in [2.75, 3.05) is 33.7 Å². The summed E-state index contributed by atoms with van der Waals surface area (Å²) >= 11 is 0. The average Bonchev–Trinajstić information content (AvgIpc) is 2.63. The van der Waals surface area contributed by atoms with Crippen LogP contribution in [-0.2, 0) is 6.42 Å². The van der Waals surface area contributed by atoms with Gasteiger partial charge < -0.3 is 10.6 Å². The molecule has 2 aliphatic rings. The van der Waals surface area contributed by atoms with E-state index in [-0.39, 0.29) is 6.04 Å². The average molecular weight is 275 g/mol. The van der Waals surface area contributed by atoms with Crippen molar-refractivity contribution in [2.45, 2.75) is 37.8 Å². The third-order valence-electron chi connectivity index (χ3n) is 4.65. The number of nitrogens with two attached hydrogens (primary N) is 1. The van der Waals surface area contributed by atoms with Gasteiger partial charge in [0.25, 0.3) is 0 Å². The summed E-state index contributed by atoms with van der Waals surface area (Å²) in [6, 6.07) is 0.423. The Bertz CT molecular complexity index is 475. The van der Waals surface area contributed by atoms with Crippen molar-refractivity contribution in [3.05, 3.63) is 23.3 Å². The molecule has 3 rings (SSSR count). The lowest BCUT2D eigenvalue weighted by molar-refractivity contribution is 0.109. The maximum Gasteiger partial charge on any atom is 0.146 e. The lowest BCUT2D eigenvalue weighted by Crippen LogP contribution is -2.45. The van der Waals surface area contributed by atoms with E-state index in [9.17, 15) is 0 Å². The summed E-state index contributed by atoms with van der Waals surface area (Å²) in [6.45, 7) is 3.19. The van der Waals surface area contributed by atoms with E-state index in [0.29, 0.717) is 6.04 Å². The van der Waals surface area contributed by atoms with E-state index in [2.05, 4.69) is 28.9 Å². The molecular formula is C15H25N5. The molecule has 2 unspecified atom stereocenters. The Kier molecular flexibility index (Phi) is 4.01. The minimum absolute atomic E-state index is 0.119. The molecule has 20 heavy (non-hydrogen) atoms. The highest BCUT2D eigenvalue weighted by atomic mass is 15.3. The van der Waals surface area contributed by atoms with Crippen LogP contribution in [0.3, 0.4) is 0 Å². The number of fused-ring (bicyclic) bond motifs is 1. The van der Waals surface area contributed by atoms with Gasteiger partial charge in [-0.05, 0) is 33.4 Å². The highest BCUT2D eigenvalue weighted by Crippen LogP contribution is 2.27. The fraction of sp³-hybridized carbons (Fsp3) is 0.733. The second kappa shape index (κ2) is 5.76. The summed E-state index contributed by atoms with van der Waals surface area (Å²) in [6.07, 6.45) is 6.47. The van der Waals surface area contributed by atoms with E-state index in [0.717, 1.165) is 43.9 Å². The number of rotatable bonds is 1. The van der Waals surface area contributed by atoms with E-state index < -0.39 is 0 Å². The Hall–Kier alpha value is -1.04. The zero-order valence-corrected chi connectivity index (χ0v) is 12.5. The fourth-order valence-electron chi connectivity index (χ4n) is 3.21. The van der Waals surface area contributed by atoms with Crippen molar-refractivity contribution >= 4 is 0 Å². The van der Waals surface area contributed by atoms with Crippen LogP contribution in [0.2, 0.25) is 0 Å². The largest absolute Gasteiger partial charge is 0.324 e. The van der Waals surface area contributed by atoms with Gasteiger partial charge in [-0.2, -0.15) is 0 Å². The van der Waals surface area contributed by atoms with Crippen LogP contribution in [0.4, 0.5) is 0 Å². The first kappa shape index (κ1) is 13.9. The predicted molar refractivity (Wildman–Crippen MR) is 79.4 cm³/mol. The molecule has 5 nitrogen and oxygen atoms in total. The van der Waals surface area contributed by atoms with Gasteiger partial charge in [0, 0.05) is 43.1 Å². The Morgan fingerprint density at radius 3 is 2.95 bits per heavy atom. The molecule has 0 saturated carbocycles.